The van der Waals surface area contributed by atoms with Crippen molar-refractivity contribution < 1.29 is 9.69 Å². The molecule has 1 fully saturated rings. The molecule has 0 radical (unpaired) electrons. The topological polar surface area (TPSA) is 64.2 Å². The van der Waals surface area contributed by atoms with Crippen molar-refractivity contribution >= 4 is 16.9 Å². The third kappa shape index (κ3) is 4.41. The van der Waals surface area contributed by atoms with Gasteiger partial charge in [-0.25, -0.2) is 4.68 Å². The Morgan fingerprint density at radius 2 is 1.50 bits per heavy atom. The van der Waals surface area contributed by atoms with Crippen LogP contribution in [0.15, 0.2) is 84.9 Å². The highest BCUT2D eigenvalue weighted by atomic mass is 16.2. The van der Waals surface area contributed by atoms with E-state index in [2.05, 4.69) is 50.6 Å². The predicted octanol–water partition coefficient (Wildman–Crippen LogP) is 2.56. The van der Waals surface area contributed by atoms with Crippen LogP contribution >= 0.6 is 0 Å². The van der Waals surface area contributed by atoms with Gasteiger partial charge in [0.2, 0.25) is 0 Å². The van der Waals surface area contributed by atoms with Crippen LogP contribution in [0.2, 0.25) is 0 Å². The number of nitrogens with one attached hydrogen (secondary N) is 2. The van der Waals surface area contributed by atoms with Crippen LogP contribution in [0.4, 0.5) is 0 Å². The summed E-state index contributed by atoms with van der Waals surface area (Å²) in [4.78, 5) is 14.3. The van der Waals surface area contributed by atoms with Crippen LogP contribution in [0, 0.1) is 0 Å². The monoisotopic (exact) mass is 426 g/mol. The minimum absolute atomic E-state index is 0.0855. The van der Waals surface area contributed by atoms with Crippen molar-refractivity contribution in [1.82, 2.24) is 20.3 Å². The number of carbonyl (C=O) groups is 1. The first kappa shape index (κ1) is 20.4. The fraction of sp³-hybridized carbons (Fsp3) is 0.269. The Labute approximate surface area is 187 Å². The number of piperidine rings is 1. The lowest BCUT2D eigenvalue weighted by atomic mass is 9.98. The quantitative estimate of drug-likeness (QED) is 0.498. The summed E-state index contributed by atoms with van der Waals surface area (Å²) in [5, 5.41) is 12.0. The van der Waals surface area contributed by atoms with E-state index >= 15 is 0 Å². The number of para-hydroxylation sites is 1. The maximum atomic E-state index is 13.0. The lowest BCUT2D eigenvalue weighted by molar-refractivity contribution is -0.897. The minimum atomic E-state index is -0.136. The van der Waals surface area contributed by atoms with Crippen LogP contribution in [-0.4, -0.2) is 40.5 Å². The predicted molar refractivity (Wildman–Crippen MR) is 124 cm³/mol. The third-order valence-corrected chi connectivity index (χ3v) is 6.37. The van der Waals surface area contributed by atoms with Crippen LogP contribution in [0.1, 0.15) is 36.1 Å². The van der Waals surface area contributed by atoms with Gasteiger partial charge >= 0.3 is 0 Å². The van der Waals surface area contributed by atoms with E-state index in [1.165, 1.54) is 4.90 Å². The first-order valence-corrected chi connectivity index (χ1v) is 11.3. The Morgan fingerprint density at radius 1 is 0.906 bits per heavy atom. The standard InChI is InChI=1S/C26H27N5O/c32-25(27-26(20-9-3-1-4-10-20)21-11-5-2-6-12-21)19-30-17-15-22(16-18-30)31-24-14-8-7-13-23(24)28-29-31/h1-14,22,26H,15-19H2,(H,27,32)/p+1. The first-order valence-electron chi connectivity index (χ1n) is 11.3. The molecule has 1 aromatic heterocycles. The lowest BCUT2D eigenvalue weighted by Crippen LogP contribution is -3.14. The molecule has 1 aliphatic rings. The van der Waals surface area contributed by atoms with Gasteiger partial charge in [-0.15, -0.1) is 5.10 Å². The number of fused-ring (bicyclic) bond motifs is 1. The molecule has 3 aromatic carbocycles. The molecule has 162 valence electrons. The van der Waals surface area contributed by atoms with E-state index < -0.39 is 0 Å². The van der Waals surface area contributed by atoms with Gasteiger partial charge in [-0.05, 0) is 23.3 Å². The Morgan fingerprint density at radius 3 is 2.16 bits per heavy atom. The average molecular weight is 427 g/mol. The molecule has 1 aliphatic heterocycles. The average Bonchev–Trinajstić information content (AvgIpc) is 3.28. The number of aromatic nitrogens is 3. The van der Waals surface area contributed by atoms with Gasteiger partial charge < -0.3 is 10.2 Å². The molecule has 1 amide bonds. The van der Waals surface area contributed by atoms with Crippen LogP contribution < -0.4 is 10.2 Å². The van der Waals surface area contributed by atoms with E-state index in [0.29, 0.717) is 12.6 Å². The summed E-state index contributed by atoms with van der Waals surface area (Å²) in [6, 6.07) is 28.6. The summed E-state index contributed by atoms with van der Waals surface area (Å²) in [6.07, 6.45) is 1.99. The van der Waals surface area contributed by atoms with Crippen molar-refractivity contribution in [2.24, 2.45) is 0 Å². The van der Waals surface area contributed by atoms with Crippen LogP contribution in [0.5, 0.6) is 0 Å². The van der Waals surface area contributed by atoms with Crippen LogP contribution in [-0.2, 0) is 4.79 Å². The van der Waals surface area contributed by atoms with E-state index in [1.54, 1.807) is 0 Å². The van der Waals surface area contributed by atoms with Crippen molar-refractivity contribution in [2.45, 2.75) is 24.9 Å². The van der Waals surface area contributed by atoms with Gasteiger partial charge in [-0.1, -0.05) is 78.0 Å². The zero-order valence-corrected chi connectivity index (χ0v) is 18.0. The molecular weight excluding hydrogens is 398 g/mol. The fourth-order valence-corrected chi connectivity index (χ4v) is 4.68. The molecule has 32 heavy (non-hydrogen) atoms. The maximum absolute atomic E-state index is 13.0. The molecule has 0 spiro atoms. The Balaban J connectivity index is 1.21. The number of benzene rings is 3. The maximum Gasteiger partial charge on any atom is 0.275 e. The van der Waals surface area contributed by atoms with Gasteiger partial charge in [-0.3, -0.25) is 4.79 Å². The van der Waals surface area contributed by atoms with E-state index in [-0.39, 0.29) is 11.9 Å². The summed E-state index contributed by atoms with van der Waals surface area (Å²) in [6.45, 7) is 2.39. The van der Waals surface area contributed by atoms with Gasteiger partial charge in [0, 0.05) is 12.8 Å². The molecular formula is C26H28N5O+. The highest BCUT2D eigenvalue weighted by Gasteiger charge is 2.27. The molecule has 4 aromatic rings. The molecule has 0 bridgehead atoms. The Kier molecular flexibility index (Phi) is 5.94. The summed E-state index contributed by atoms with van der Waals surface area (Å²) in [7, 11) is 0. The Bertz CT molecular complexity index is 1130. The van der Waals surface area contributed by atoms with Crippen molar-refractivity contribution in [3.8, 4) is 0 Å². The number of hydrogen-bond donors (Lipinski definition) is 2. The second kappa shape index (κ2) is 9.32. The van der Waals surface area contributed by atoms with E-state index in [4.69, 9.17) is 0 Å². The molecule has 0 atom stereocenters. The number of nitrogens with zero attached hydrogens (tertiary/aromatic N) is 3. The molecule has 2 N–H and O–H groups in total. The number of amides is 1. The molecule has 6 nitrogen and oxygen atoms in total. The molecule has 5 rings (SSSR count). The summed E-state index contributed by atoms with van der Waals surface area (Å²) >= 11 is 0. The van der Waals surface area contributed by atoms with Crippen molar-refractivity contribution in [2.75, 3.05) is 19.6 Å². The number of carbonyl (C=O) groups excluding carboxylic acids is 1. The van der Waals surface area contributed by atoms with E-state index in [0.717, 1.165) is 48.1 Å². The van der Waals surface area contributed by atoms with Crippen molar-refractivity contribution in [1.29, 1.82) is 0 Å². The highest BCUT2D eigenvalue weighted by Crippen LogP contribution is 2.22. The van der Waals surface area contributed by atoms with Gasteiger partial charge in [0.1, 0.15) is 5.52 Å². The smallest absolute Gasteiger partial charge is 0.275 e. The fourth-order valence-electron chi connectivity index (χ4n) is 4.68. The van der Waals surface area contributed by atoms with Crippen molar-refractivity contribution in [3.63, 3.8) is 0 Å². The number of rotatable bonds is 6. The molecule has 0 saturated carbocycles. The number of quaternary nitrogens is 1. The van der Waals surface area contributed by atoms with Crippen molar-refractivity contribution in [3.05, 3.63) is 96.1 Å². The SMILES string of the molecule is O=C(C[NH+]1CCC(n2nnc3ccccc32)CC1)NC(c1ccccc1)c1ccccc1. The summed E-state index contributed by atoms with van der Waals surface area (Å²) < 4.78 is 2.06. The lowest BCUT2D eigenvalue weighted by Gasteiger charge is -2.29. The number of hydrogen-bond acceptors (Lipinski definition) is 3. The molecule has 0 aliphatic carbocycles. The Hall–Kier alpha value is -3.51. The zero-order valence-electron chi connectivity index (χ0n) is 18.0. The van der Waals surface area contributed by atoms with Gasteiger partial charge in [0.25, 0.3) is 5.91 Å². The second-order valence-corrected chi connectivity index (χ2v) is 8.50. The molecule has 0 unspecified atom stereocenters. The zero-order chi connectivity index (χ0) is 21.8. The van der Waals surface area contributed by atoms with E-state index in [1.807, 2.05) is 54.6 Å². The van der Waals surface area contributed by atoms with Gasteiger partial charge in [-0.2, -0.15) is 0 Å². The third-order valence-electron chi connectivity index (χ3n) is 6.37. The molecule has 2 heterocycles. The summed E-state index contributed by atoms with van der Waals surface area (Å²) in [5.74, 6) is 0.0855. The molecule has 1 saturated heterocycles. The minimum Gasteiger partial charge on any atom is -0.340 e. The van der Waals surface area contributed by atoms with Gasteiger partial charge in [0.15, 0.2) is 6.54 Å². The van der Waals surface area contributed by atoms with E-state index in [9.17, 15) is 4.79 Å². The second-order valence-electron chi connectivity index (χ2n) is 8.50. The normalized spacial score (nSPS) is 18.7. The molecule has 6 heteroatoms. The number of likely N-dealkylation sites (tertiary alicyclic amines) is 1. The van der Waals surface area contributed by atoms with Crippen LogP contribution in [0.3, 0.4) is 0 Å². The van der Waals surface area contributed by atoms with Gasteiger partial charge in [0.05, 0.1) is 30.7 Å². The largest absolute Gasteiger partial charge is 0.340 e. The first-order chi connectivity index (χ1) is 15.8. The summed E-state index contributed by atoms with van der Waals surface area (Å²) in [5.41, 5.74) is 4.22. The van der Waals surface area contributed by atoms with Crippen LogP contribution in [0.25, 0.3) is 11.0 Å². The highest BCUT2D eigenvalue weighted by molar-refractivity contribution is 5.78.